The van der Waals surface area contributed by atoms with E-state index in [4.69, 9.17) is 11.6 Å². The summed E-state index contributed by atoms with van der Waals surface area (Å²) in [5.41, 5.74) is 1.27. The van der Waals surface area contributed by atoms with E-state index < -0.39 is 12.2 Å². The van der Waals surface area contributed by atoms with Crippen molar-refractivity contribution in [3.05, 3.63) is 11.6 Å². The van der Waals surface area contributed by atoms with Gasteiger partial charge < -0.3 is 0 Å². The summed E-state index contributed by atoms with van der Waals surface area (Å²) in [7, 11) is 0. The normalized spacial score (nSPS) is 29.2. The fourth-order valence-electron chi connectivity index (χ4n) is 2.43. The maximum absolute atomic E-state index is 10.1. The van der Waals surface area contributed by atoms with Crippen LogP contribution in [0.15, 0.2) is 6.33 Å². The predicted octanol–water partition coefficient (Wildman–Crippen LogP) is 0.410. The van der Waals surface area contributed by atoms with Crippen LogP contribution in [0.25, 0.3) is 11.2 Å². The Balaban J connectivity index is 1.78. The fraction of sp³-hybridized carbons (Fsp3) is 0.583. The maximum atomic E-state index is 10.1. The number of hydrogen-bond acceptors (Lipinski definition) is 6. The molecule has 2 aliphatic rings. The third-order valence-corrected chi connectivity index (χ3v) is 6.78. The third kappa shape index (κ3) is 2.41. The summed E-state index contributed by atoms with van der Waals surface area (Å²) < 4.78 is 1.82. The van der Waals surface area contributed by atoms with E-state index in [0.29, 0.717) is 28.3 Å². The van der Waals surface area contributed by atoms with E-state index in [0.717, 1.165) is 12.8 Å². The first kappa shape index (κ1) is 13.7. The van der Waals surface area contributed by atoms with Crippen molar-refractivity contribution in [2.24, 2.45) is 0 Å². The van der Waals surface area contributed by atoms with Gasteiger partial charge in [0.2, 0.25) is 0 Å². The minimum absolute atomic E-state index is 0.0912. The fourth-order valence-corrected chi connectivity index (χ4v) is 5.29. The molecule has 9 heteroatoms. The van der Waals surface area contributed by atoms with E-state index in [1.807, 2.05) is 4.57 Å². The Morgan fingerprint density at radius 2 is 2.14 bits per heavy atom. The Labute approximate surface area is 131 Å². The average Bonchev–Trinajstić information content (AvgIpc) is 3.08. The van der Waals surface area contributed by atoms with E-state index in [1.54, 1.807) is 6.33 Å². The first-order valence-electron chi connectivity index (χ1n) is 6.78. The number of nitrogens with one attached hydrogen (secondary N) is 1. The molecule has 112 valence electrons. The van der Waals surface area contributed by atoms with E-state index in [-0.39, 0.29) is 25.2 Å². The number of aliphatic hydroxyl groups is 2. The average molecular weight is 375 g/mol. The molecule has 1 aliphatic heterocycles. The van der Waals surface area contributed by atoms with Gasteiger partial charge in [-0.15, -0.1) is 0 Å². The number of nitrogens with zero attached hydrogens (tertiary/aromatic N) is 4. The SMILES string of the molecule is O[C@@H]1[C@H](O)C[Se][C@H]1n1cnc2c(NC3CC3)nc(Cl)nc21. The van der Waals surface area contributed by atoms with Gasteiger partial charge in [0.1, 0.15) is 0 Å². The van der Waals surface area contributed by atoms with Crippen LogP contribution in [-0.2, 0) is 0 Å². The van der Waals surface area contributed by atoms with Crippen LogP contribution in [0.2, 0.25) is 10.6 Å². The molecule has 2 aromatic rings. The molecule has 3 atom stereocenters. The molecule has 4 rings (SSSR count). The zero-order chi connectivity index (χ0) is 14.6. The summed E-state index contributed by atoms with van der Waals surface area (Å²) in [4.78, 5) is 12.7. The molecular formula is C12H14ClN5O2Se. The Morgan fingerprint density at radius 3 is 2.81 bits per heavy atom. The first-order chi connectivity index (χ1) is 10.1. The molecule has 3 heterocycles. The summed E-state index contributed by atoms with van der Waals surface area (Å²) >= 11 is 6.11. The molecule has 2 fully saturated rings. The van der Waals surface area contributed by atoms with Crippen LogP contribution < -0.4 is 5.32 Å². The number of fused-ring (bicyclic) bond motifs is 1. The van der Waals surface area contributed by atoms with Crippen molar-refractivity contribution in [3.8, 4) is 0 Å². The molecule has 0 bridgehead atoms. The number of halogens is 1. The zero-order valence-electron chi connectivity index (χ0n) is 11.0. The summed E-state index contributed by atoms with van der Waals surface area (Å²) in [6.07, 6.45) is 2.45. The van der Waals surface area contributed by atoms with Crippen molar-refractivity contribution in [2.45, 2.75) is 41.4 Å². The molecule has 21 heavy (non-hydrogen) atoms. The Hall–Kier alpha value is -0.921. The van der Waals surface area contributed by atoms with Crippen molar-refractivity contribution in [2.75, 3.05) is 5.32 Å². The topological polar surface area (TPSA) is 96.1 Å². The van der Waals surface area contributed by atoms with Crippen molar-refractivity contribution in [1.82, 2.24) is 19.5 Å². The number of aromatic nitrogens is 4. The molecule has 2 aromatic heterocycles. The van der Waals surface area contributed by atoms with Crippen molar-refractivity contribution in [1.29, 1.82) is 0 Å². The number of imidazole rings is 1. The van der Waals surface area contributed by atoms with Gasteiger partial charge in [0.05, 0.1) is 0 Å². The van der Waals surface area contributed by atoms with Gasteiger partial charge in [0, 0.05) is 0 Å². The summed E-state index contributed by atoms with van der Waals surface area (Å²) in [6, 6.07) is 0.437. The molecule has 0 aromatic carbocycles. The van der Waals surface area contributed by atoms with Crippen LogP contribution >= 0.6 is 11.6 Å². The number of hydrogen-bond donors (Lipinski definition) is 3. The second-order valence-electron chi connectivity index (χ2n) is 5.37. The predicted molar refractivity (Wildman–Crippen MR) is 78.6 cm³/mol. The van der Waals surface area contributed by atoms with Crippen LogP contribution in [0.3, 0.4) is 0 Å². The van der Waals surface area contributed by atoms with Crippen LogP contribution in [0.5, 0.6) is 0 Å². The van der Waals surface area contributed by atoms with Gasteiger partial charge in [-0.1, -0.05) is 0 Å². The minimum atomic E-state index is -0.781. The molecule has 0 spiro atoms. The molecule has 3 N–H and O–H groups in total. The summed E-state index contributed by atoms with van der Waals surface area (Å²) in [5.74, 6) is 0.645. The number of anilines is 1. The molecule has 0 radical (unpaired) electrons. The van der Waals surface area contributed by atoms with Crippen molar-refractivity contribution >= 4 is 43.5 Å². The van der Waals surface area contributed by atoms with E-state index >= 15 is 0 Å². The van der Waals surface area contributed by atoms with Crippen molar-refractivity contribution < 1.29 is 10.2 Å². The van der Waals surface area contributed by atoms with Crippen LogP contribution in [-0.4, -0.2) is 62.9 Å². The van der Waals surface area contributed by atoms with E-state index in [2.05, 4.69) is 20.3 Å². The molecule has 1 saturated heterocycles. The van der Waals surface area contributed by atoms with Gasteiger partial charge in [0.25, 0.3) is 0 Å². The monoisotopic (exact) mass is 375 g/mol. The van der Waals surface area contributed by atoms with Gasteiger partial charge in [-0.05, 0) is 0 Å². The zero-order valence-corrected chi connectivity index (χ0v) is 13.4. The second kappa shape index (κ2) is 5.07. The quantitative estimate of drug-likeness (QED) is 0.532. The molecule has 7 nitrogen and oxygen atoms in total. The van der Waals surface area contributed by atoms with Crippen molar-refractivity contribution in [3.63, 3.8) is 0 Å². The second-order valence-corrected chi connectivity index (χ2v) is 8.12. The number of aliphatic hydroxyl groups excluding tert-OH is 2. The standard InChI is InChI=1S/C12H14ClN5O2Se/c13-12-16-9(15-5-1-2-5)7-10(17-12)18(4-14-7)11-8(20)6(19)3-21-11/h4-6,8,11,19-20H,1-3H2,(H,15,16,17)/t6-,8-,11-/m1/s1. The van der Waals surface area contributed by atoms with Gasteiger partial charge in [-0.2, -0.15) is 0 Å². The molecular weight excluding hydrogens is 361 g/mol. The Bertz CT molecular complexity index is 692. The number of rotatable bonds is 3. The Morgan fingerprint density at radius 1 is 1.33 bits per heavy atom. The molecule has 0 amide bonds. The van der Waals surface area contributed by atoms with E-state index in [9.17, 15) is 10.2 Å². The van der Waals surface area contributed by atoms with Crippen LogP contribution in [0.1, 0.15) is 17.8 Å². The van der Waals surface area contributed by atoms with Crippen LogP contribution in [0.4, 0.5) is 5.82 Å². The van der Waals surface area contributed by atoms with Gasteiger partial charge >= 0.3 is 132 Å². The van der Waals surface area contributed by atoms with Gasteiger partial charge in [-0.25, -0.2) is 0 Å². The third-order valence-electron chi connectivity index (χ3n) is 3.71. The van der Waals surface area contributed by atoms with Gasteiger partial charge in [0.15, 0.2) is 0 Å². The molecule has 0 unspecified atom stereocenters. The molecule has 1 aliphatic carbocycles. The van der Waals surface area contributed by atoms with Crippen LogP contribution in [0, 0.1) is 0 Å². The molecule has 1 saturated carbocycles. The van der Waals surface area contributed by atoms with E-state index in [1.165, 1.54) is 0 Å². The first-order valence-corrected chi connectivity index (χ1v) is 9.35. The summed E-state index contributed by atoms with van der Waals surface area (Å²) in [5, 5.41) is 23.9. The van der Waals surface area contributed by atoms with Gasteiger partial charge in [-0.3, -0.25) is 0 Å². The Kier molecular flexibility index (Phi) is 3.31. The summed E-state index contributed by atoms with van der Waals surface area (Å²) in [6.45, 7) is 0.